The van der Waals surface area contributed by atoms with E-state index in [2.05, 4.69) is 21.8 Å². The number of rotatable bonds is 7. The first kappa shape index (κ1) is 26.7. The van der Waals surface area contributed by atoms with Crippen LogP contribution in [0, 0.1) is 5.92 Å². The number of halogens is 3. The molecule has 0 spiro atoms. The summed E-state index contributed by atoms with van der Waals surface area (Å²) >= 11 is 0. The third-order valence-corrected chi connectivity index (χ3v) is 9.84. The first-order valence-corrected chi connectivity index (χ1v) is 14.6. The van der Waals surface area contributed by atoms with Crippen LogP contribution in [0.4, 0.5) is 18.9 Å². The van der Waals surface area contributed by atoms with Crippen LogP contribution < -0.4 is 4.90 Å². The Morgan fingerprint density at radius 1 is 1.05 bits per heavy atom. The number of nitrogens with one attached hydrogen (secondary N) is 1. The molecule has 0 saturated heterocycles. The van der Waals surface area contributed by atoms with Crippen LogP contribution >= 0.6 is 0 Å². The van der Waals surface area contributed by atoms with Gasteiger partial charge in [0.1, 0.15) is 0 Å². The van der Waals surface area contributed by atoms with Crippen molar-refractivity contribution >= 4 is 15.7 Å². The number of anilines is 1. The number of aromatic nitrogens is 2. The Bertz CT molecular complexity index is 1320. The minimum atomic E-state index is -4.53. The molecule has 3 aromatic rings. The second-order valence-electron chi connectivity index (χ2n) is 10.4. The van der Waals surface area contributed by atoms with E-state index in [0.717, 1.165) is 54.1 Å². The van der Waals surface area contributed by atoms with Crippen molar-refractivity contribution in [3.05, 3.63) is 77.9 Å². The molecule has 1 N–H and O–H groups in total. The molecule has 38 heavy (non-hydrogen) atoms. The van der Waals surface area contributed by atoms with Crippen LogP contribution in [0.25, 0.3) is 0 Å². The summed E-state index contributed by atoms with van der Waals surface area (Å²) in [6, 6.07) is 11.4. The maximum atomic E-state index is 13.8. The number of sulfonamides is 1. The average molecular weight is 547 g/mol. The zero-order valence-corrected chi connectivity index (χ0v) is 22.2. The predicted molar refractivity (Wildman–Crippen MR) is 140 cm³/mol. The van der Waals surface area contributed by atoms with E-state index in [4.69, 9.17) is 0 Å². The first-order valence-electron chi connectivity index (χ1n) is 13.2. The van der Waals surface area contributed by atoms with Gasteiger partial charge in [0.05, 0.1) is 34.7 Å². The van der Waals surface area contributed by atoms with Gasteiger partial charge in [0.15, 0.2) is 0 Å². The van der Waals surface area contributed by atoms with Gasteiger partial charge in [-0.1, -0.05) is 43.9 Å². The van der Waals surface area contributed by atoms with Crippen LogP contribution in [0.2, 0.25) is 0 Å². The smallest absolute Gasteiger partial charge is 0.359 e. The second kappa shape index (κ2) is 10.7. The molecule has 2 unspecified atom stereocenters. The highest BCUT2D eigenvalue weighted by Crippen LogP contribution is 2.39. The minimum absolute atomic E-state index is 0.0825. The lowest BCUT2D eigenvalue weighted by Gasteiger charge is -2.38. The molecule has 1 aliphatic heterocycles. The molecule has 5 rings (SSSR count). The molecule has 2 heterocycles. The summed E-state index contributed by atoms with van der Waals surface area (Å²) in [4.78, 5) is 9.59. The minimum Gasteiger partial charge on any atom is -0.359 e. The van der Waals surface area contributed by atoms with Gasteiger partial charge >= 0.3 is 6.18 Å². The molecule has 1 aliphatic carbocycles. The average Bonchev–Trinajstić information content (AvgIpc) is 3.59. The zero-order valence-electron chi connectivity index (χ0n) is 21.4. The number of nitrogens with zero attached hydrogens (tertiary/aromatic N) is 3. The predicted octanol–water partition coefficient (Wildman–Crippen LogP) is 6.54. The summed E-state index contributed by atoms with van der Waals surface area (Å²) in [6.45, 7) is 2.47. The van der Waals surface area contributed by atoms with E-state index in [-0.39, 0.29) is 30.1 Å². The molecule has 0 amide bonds. The lowest BCUT2D eigenvalue weighted by Crippen LogP contribution is -2.45. The summed E-state index contributed by atoms with van der Waals surface area (Å²) < 4.78 is 68.5. The fraction of sp³-hybridized carbons (Fsp3) is 0.464. The van der Waals surface area contributed by atoms with Crippen molar-refractivity contribution in [2.24, 2.45) is 5.92 Å². The molecule has 6 nitrogen and oxygen atoms in total. The number of hydrogen-bond donors (Lipinski definition) is 1. The third kappa shape index (κ3) is 5.47. The topological polar surface area (TPSA) is 69.3 Å². The van der Waals surface area contributed by atoms with Crippen molar-refractivity contribution in [3.63, 3.8) is 0 Å². The molecule has 2 aromatic carbocycles. The van der Waals surface area contributed by atoms with Gasteiger partial charge in [-0.25, -0.2) is 13.4 Å². The SMILES string of the molecule is CC(c1cnc[nH]1)N1c2ccccc2CN(S(=O)(=O)c2ccc(C(F)(F)F)cc2)CC1CCC1CCCC1. The molecule has 1 aromatic heterocycles. The van der Waals surface area contributed by atoms with Crippen molar-refractivity contribution in [2.45, 2.75) is 75.1 Å². The first-order chi connectivity index (χ1) is 18.1. The van der Waals surface area contributed by atoms with Crippen molar-refractivity contribution in [3.8, 4) is 0 Å². The highest BCUT2D eigenvalue weighted by molar-refractivity contribution is 7.89. The number of para-hydroxylation sites is 1. The number of aromatic amines is 1. The molecule has 0 radical (unpaired) electrons. The molecular weight excluding hydrogens is 513 g/mol. The molecule has 0 bridgehead atoms. The maximum absolute atomic E-state index is 13.8. The Kier molecular flexibility index (Phi) is 7.55. The van der Waals surface area contributed by atoms with Gasteiger partial charge < -0.3 is 9.88 Å². The Hall–Kier alpha value is -2.85. The van der Waals surface area contributed by atoms with E-state index in [9.17, 15) is 21.6 Å². The Morgan fingerprint density at radius 2 is 1.76 bits per heavy atom. The third-order valence-electron chi connectivity index (χ3n) is 8.01. The highest BCUT2D eigenvalue weighted by Gasteiger charge is 2.38. The zero-order chi connectivity index (χ0) is 26.9. The van der Waals surface area contributed by atoms with Gasteiger partial charge in [0.25, 0.3) is 0 Å². The van der Waals surface area contributed by atoms with Gasteiger partial charge in [-0.3, -0.25) is 0 Å². The fourth-order valence-electron chi connectivity index (χ4n) is 5.95. The number of imidazole rings is 1. The quantitative estimate of drug-likeness (QED) is 0.365. The molecule has 204 valence electrons. The Balaban J connectivity index is 1.52. The summed E-state index contributed by atoms with van der Waals surface area (Å²) in [5.41, 5.74) is 1.89. The summed E-state index contributed by atoms with van der Waals surface area (Å²) in [5.74, 6) is 0.637. The Labute approximate surface area is 221 Å². The van der Waals surface area contributed by atoms with Gasteiger partial charge in [0.2, 0.25) is 10.0 Å². The van der Waals surface area contributed by atoms with Crippen LogP contribution in [-0.4, -0.2) is 35.3 Å². The molecule has 1 saturated carbocycles. The summed E-state index contributed by atoms with van der Waals surface area (Å²) in [7, 11) is -4.04. The standard InChI is InChI=1S/C28H33F3N4O2S/c1-20(26-16-32-19-33-26)35-24(13-10-21-6-2-3-7-21)18-34(17-22-8-4-5-9-27(22)35)38(36,37)25-14-11-23(12-15-25)28(29,30)31/h4-5,8-9,11-12,14-16,19-21,24H,2-3,6-7,10,13,17-18H2,1H3,(H,32,33). The normalized spacial score (nSPS) is 20.3. The van der Waals surface area contributed by atoms with Crippen molar-refractivity contribution in [1.29, 1.82) is 0 Å². The van der Waals surface area contributed by atoms with E-state index < -0.39 is 21.8 Å². The van der Waals surface area contributed by atoms with Crippen LogP contribution in [0.15, 0.2) is 66.0 Å². The van der Waals surface area contributed by atoms with E-state index in [1.54, 1.807) is 12.5 Å². The van der Waals surface area contributed by atoms with E-state index in [1.807, 2.05) is 24.3 Å². The van der Waals surface area contributed by atoms with Crippen molar-refractivity contribution < 1.29 is 21.6 Å². The molecule has 2 aliphatic rings. The van der Waals surface area contributed by atoms with Crippen LogP contribution in [0.1, 0.15) is 68.3 Å². The highest BCUT2D eigenvalue weighted by atomic mass is 32.2. The molecular formula is C28H33F3N4O2S. The largest absolute Gasteiger partial charge is 0.416 e. The van der Waals surface area contributed by atoms with Crippen molar-refractivity contribution in [2.75, 3.05) is 11.4 Å². The maximum Gasteiger partial charge on any atom is 0.416 e. The fourth-order valence-corrected chi connectivity index (χ4v) is 7.40. The van der Waals surface area contributed by atoms with E-state index >= 15 is 0 Å². The number of alkyl halides is 3. The number of H-pyrrole nitrogens is 1. The second-order valence-corrected chi connectivity index (χ2v) is 12.4. The molecule has 2 atom stereocenters. The van der Waals surface area contributed by atoms with Gasteiger partial charge in [0, 0.05) is 24.8 Å². The monoisotopic (exact) mass is 546 g/mol. The van der Waals surface area contributed by atoms with E-state index in [1.165, 1.54) is 30.0 Å². The van der Waals surface area contributed by atoms with Crippen molar-refractivity contribution in [1.82, 2.24) is 14.3 Å². The lowest BCUT2D eigenvalue weighted by molar-refractivity contribution is -0.137. The van der Waals surface area contributed by atoms with Crippen LogP contribution in [0.3, 0.4) is 0 Å². The summed E-state index contributed by atoms with van der Waals surface area (Å²) in [5, 5.41) is 0. The van der Waals surface area contributed by atoms with Gasteiger partial charge in [-0.05, 0) is 61.6 Å². The molecule has 1 fully saturated rings. The number of benzene rings is 2. The summed E-state index contributed by atoms with van der Waals surface area (Å²) in [6.07, 6.45) is 5.61. The van der Waals surface area contributed by atoms with Crippen LogP contribution in [-0.2, 0) is 22.7 Å². The van der Waals surface area contributed by atoms with Gasteiger partial charge in [-0.2, -0.15) is 17.5 Å². The van der Waals surface area contributed by atoms with Gasteiger partial charge in [-0.15, -0.1) is 0 Å². The number of fused-ring (bicyclic) bond motifs is 1. The lowest BCUT2D eigenvalue weighted by atomic mass is 9.96. The number of hydrogen-bond acceptors (Lipinski definition) is 4. The Morgan fingerprint density at radius 3 is 2.42 bits per heavy atom. The molecule has 10 heteroatoms. The van der Waals surface area contributed by atoms with E-state index in [0.29, 0.717) is 5.92 Å². The van der Waals surface area contributed by atoms with Crippen LogP contribution in [0.5, 0.6) is 0 Å².